The van der Waals surface area contributed by atoms with Gasteiger partial charge in [0.05, 0.1) is 4.88 Å². The Labute approximate surface area is 107 Å². The summed E-state index contributed by atoms with van der Waals surface area (Å²) in [5, 5.41) is 1.97. The molecule has 0 unspecified atom stereocenters. The van der Waals surface area contributed by atoms with E-state index < -0.39 is 0 Å². The molecule has 0 radical (unpaired) electrons. The number of rotatable bonds is 5. The van der Waals surface area contributed by atoms with E-state index in [0.717, 1.165) is 44.1 Å². The Balaban J connectivity index is 1.71. The summed E-state index contributed by atoms with van der Waals surface area (Å²) < 4.78 is 0. The van der Waals surface area contributed by atoms with Crippen molar-refractivity contribution >= 4 is 17.1 Å². The van der Waals surface area contributed by atoms with Crippen molar-refractivity contribution in [1.82, 2.24) is 9.80 Å². The van der Waals surface area contributed by atoms with Crippen LogP contribution in [0.1, 0.15) is 23.0 Å². The Bertz CT molecular complexity index is 342. The predicted octanol–water partition coefficient (Wildman–Crippen LogP) is 1.96. The van der Waals surface area contributed by atoms with E-state index in [1.807, 2.05) is 17.5 Å². The Kier molecular flexibility index (Phi) is 4.71. The lowest BCUT2D eigenvalue weighted by molar-refractivity contribution is 0.0935. The summed E-state index contributed by atoms with van der Waals surface area (Å²) in [5.74, 6) is 0.290. The van der Waals surface area contributed by atoms with Crippen LogP contribution in [-0.4, -0.2) is 54.9 Å². The van der Waals surface area contributed by atoms with Gasteiger partial charge in [0.15, 0.2) is 5.78 Å². The summed E-state index contributed by atoms with van der Waals surface area (Å²) in [6.07, 6.45) is 0.659. The number of piperazine rings is 1. The van der Waals surface area contributed by atoms with Crippen molar-refractivity contribution in [3.8, 4) is 0 Å². The van der Waals surface area contributed by atoms with Gasteiger partial charge in [0.1, 0.15) is 0 Å². The second-order valence-electron chi connectivity index (χ2n) is 4.43. The molecule has 1 fully saturated rings. The number of likely N-dealkylation sites (N-methyl/N-ethyl adjacent to an activating group) is 1. The van der Waals surface area contributed by atoms with E-state index in [2.05, 4.69) is 16.7 Å². The van der Waals surface area contributed by atoms with Crippen molar-refractivity contribution < 1.29 is 4.79 Å². The molecule has 0 N–H and O–H groups in total. The molecule has 1 saturated heterocycles. The fraction of sp³-hybridized carbons (Fsp3) is 0.615. The standard InChI is InChI=1S/C13H20N2OS/c1-2-14-7-9-15(10-8-14)6-5-12(16)13-4-3-11-17-13/h3-4,11H,2,5-10H2,1H3. The van der Waals surface area contributed by atoms with Crippen LogP contribution < -0.4 is 0 Å². The van der Waals surface area contributed by atoms with Crippen molar-refractivity contribution in [2.24, 2.45) is 0 Å². The number of carbonyl (C=O) groups is 1. The summed E-state index contributed by atoms with van der Waals surface area (Å²) in [6, 6.07) is 3.86. The lowest BCUT2D eigenvalue weighted by Crippen LogP contribution is -2.46. The van der Waals surface area contributed by atoms with Crippen LogP contribution in [0.25, 0.3) is 0 Å². The van der Waals surface area contributed by atoms with Gasteiger partial charge in [-0.1, -0.05) is 13.0 Å². The first kappa shape index (κ1) is 12.7. The average molecular weight is 252 g/mol. The quantitative estimate of drug-likeness (QED) is 0.748. The van der Waals surface area contributed by atoms with E-state index in [1.54, 1.807) is 11.3 Å². The molecule has 2 heterocycles. The SMILES string of the molecule is CCN1CCN(CCC(=O)c2cccs2)CC1. The van der Waals surface area contributed by atoms with Gasteiger partial charge in [-0.05, 0) is 18.0 Å². The van der Waals surface area contributed by atoms with Gasteiger partial charge in [0.2, 0.25) is 0 Å². The maximum absolute atomic E-state index is 11.8. The third kappa shape index (κ3) is 3.63. The van der Waals surface area contributed by atoms with Crippen LogP contribution >= 0.6 is 11.3 Å². The van der Waals surface area contributed by atoms with E-state index in [1.165, 1.54) is 0 Å². The van der Waals surface area contributed by atoms with Crippen LogP contribution in [-0.2, 0) is 0 Å². The maximum Gasteiger partial charge on any atom is 0.174 e. The van der Waals surface area contributed by atoms with Crippen LogP contribution in [0.2, 0.25) is 0 Å². The van der Waals surface area contributed by atoms with Gasteiger partial charge in [-0.15, -0.1) is 11.3 Å². The highest BCUT2D eigenvalue weighted by molar-refractivity contribution is 7.12. The molecule has 0 amide bonds. The first-order valence-corrected chi connectivity index (χ1v) is 7.19. The summed E-state index contributed by atoms with van der Waals surface area (Å²) in [5.41, 5.74) is 0. The number of Topliss-reactive ketones (excluding diaryl/α,β-unsaturated/α-hetero) is 1. The molecule has 94 valence electrons. The number of hydrogen-bond donors (Lipinski definition) is 0. The molecule has 1 aromatic rings. The Morgan fingerprint density at radius 1 is 1.29 bits per heavy atom. The number of ketones is 1. The second-order valence-corrected chi connectivity index (χ2v) is 5.37. The molecule has 0 aromatic carbocycles. The van der Waals surface area contributed by atoms with Crippen molar-refractivity contribution in [3.05, 3.63) is 22.4 Å². The number of thiophene rings is 1. The van der Waals surface area contributed by atoms with E-state index in [9.17, 15) is 4.79 Å². The molecular formula is C13H20N2OS. The maximum atomic E-state index is 11.8. The highest BCUT2D eigenvalue weighted by Gasteiger charge is 2.16. The molecule has 1 aliphatic rings. The minimum atomic E-state index is 0.290. The Hall–Kier alpha value is -0.710. The van der Waals surface area contributed by atoms with Crippen LogP contribution in [0.15, 0.2) is 17.5 Å². The highest BCUT2D eigenvalue weighted by atomic mass is 32.1. The van der Waals surface area contributed by atoms with Crippen LogP contribution in [0, 0.1) is 0 Å². The highest BCUT2D eigenvalue weighted by Crippen LogP contribution is 2.12. The average Bonchev–Trinajstić information content (AvgIpc) is 2.90. The fourth-order valence-corrected chi connectivity index (χ4v) is 2.84. The minimum Gasteiger partial charge on any atom is -0.301 e. The van der Waals surface area contributed by atoms with Crippen molar-refractivity contribution in [2.75, 3.05) is 39.3 Å². The molecule has 0 bridgehead atoms. The number of hydrogen-bond acceptors (Lipinski definition) is 4. The van der Waals surface area contributed by atoms with Crippen LogP contribution in [0.3, 0.4) is 0 Å². The molecule has 1 aliphatic heterocycles. The Morgan fingerprint density at radius 2 is 2.00 bits per heavy atom. The van der Waals surface area contributed by atoms with Crippen LogP contribution in [0.4, 0.5) is 0 Å². The number of carbonyl (C=O) groups excluding carboxylic acids is 1. The molecular weight excluding hydrogens is 232 g/mol. The second kappa shape index (κ2) is 6.28. The van der Waals surface area contributed by atoms with Crippen molar-refractivity contribution in [2.45, 2.75) is 13.3 Å². The molecule has 17 heavy (non-hydrogen) atoms. The monoisotopic (exact) mass is 252 g/mol. The molecule has 0 spiro atoms. The first-order chi connectivity index (χ1) is 8.29. The molecule has 0 saturated carbocycles. The van der Waals surface area contributed by atoms with Gasteiger partial charge in [0.25, 0.3) is 0 Å². The normalized spacial score (nSPS) is 18.4. The molecule has 1 aromatic heterocycles. The third-order valence-corrected chi connectivity index (χ3v) is 4.27. The van der Waals surface area contributed by atoms with Gasteiger partial charge < -0.3 is 9.80 Å². The zero-order chi connectivity index (χ0) is 12.1. The summed E-state index contributed by atoms with van der Waals surface area (Å²) in [4.78, 5) is 17.6. The molecule has 2 rings (SSSR count). The predicted molar refractivity (Wildman–Crippen MR) is 71.8 cm³/mol. The molecule has 3 nitrogen and oxygen atoms in total. The Morgan fingerprint density at radius 3 is 2.59 bits per heavy atom. The largest absolute Gasteiger partial charge is 0.301 e. The van der Waals surface area contributed by atoms with Crippen molar-refractivity contribution in [1.29, 1.82) is 0 Å². The zero-order valence-electron chi connectivity index (χ0n) is 10.4. The summed E-state index contributed by atoms with van der Waals surface area (Å²) in [6.45, 7) is 8.75. The number of nitrogens with zero attached hydrogens (tertiary/aromatic N) is 2. The van der Waals surface area contributed by atoms with E-state index in [0.29, 0.717) is 6.42 Å². The lowest BCUT2D eigenvalue weighted by Gasteiger charge is -2.33. The fourth-order valence-electron chi connectivity index (χ4n) is 2.15. The van der Waals surface area contributed by atoms with E-state index in [-0.39, 0.29) is 5.78 Å². The smallest absolute Gasteiger partial charge is 0.174 e. The third-order valence-electron chi connectivity index (χ3n) is 3.36. The van der Waals surface area contributed by atoms with E-state index >= 15 is 0 Å². The summed E-state index contributed by atoms with van der Waals surface area (Å²) >= 11 is 1.55. The minimum absolute atomic E-state index is 0.290. The topological polar surface area (TPSA) is 23.6 Å². The van der Waals surface area contributed by atoms with Crippen molar-refractivity contribution in [3.63, 3.8) is 0 Å². The van der Waals surface area contributed by atoms with Gasteiger partial charge in [0, 0.05) is 39.1 Å². The van der Waals surface area contributed by atoms with Crippen LogP contribution in [0.5, 0.6) is 0 Å². The molecule has 0 atom stereocenters. The first-order valence-electron chi connectivity index (χ1n) is 6.31. The molecule has 4 heteroatoms. The van der Waals surface area contributed by atoms with Gasteiger partial charge in [-0.25, -0.2) is 0 Å². The lowest BCUT2D eigenvalue weighted by atomic mass is 10.2. The zero-order valence-corrected chi connectivity index (χ0v) is 11.2. The van der Waals surface area contributed by atoms with Gasteiger partial charge in [-0.2, -0.15) is 0 Å². The van der Waals surface area contributed by atoms with E-state index in [4.69, 9.17) is 0 Å². The van der Waals surface area contributed by atoms with Gasteiger partial charge in [-0.3, -0.25) is 4.79 Å². The molecule has 0 aliphatic carbocycles. The summed E-state index contributed by atoms with van der Waals surface area (Å²) in [7, 11) is 0. The van der Waals surface area contributed by atoms with Gasteiger partial charge >= 0.3 is 0 Å².